The van der Waals surface area contributed by atoms with Gasteiger partial charge < -0.3 is 14.1 Å². The normalized spacial score (nSPS) is 10.8. The third-order valence-corrected chi connectivity index (χ3v) is 5.97. The molecule has 0 saturated carbocycles. The van der Waals surface area contributed by atoms with E-state index < -0.39 is 0 Å². The van der Waals surface area contributed by atoms with Gasteiger partial charge in [0.25, 0.3) is 0 Å². The number of thioether (sulfide) groups is 1. The number of methoxy groups -OCH3 is 1. The van der Waals surface area contributed by atoms with Crippen molar-refractivity contribution >= 4 is 29.3 Å². The Kier molecular flexibility index (Phi) is 6.82. The molecular formula is C23H21ClN4O3S. The molecule has 0 aliphatic carbocycles. The number of halogens is 1. The molecular weight excluding hydrogens is 448 g/mol. The van der Waals surface area contributed by atoms with E-state index in [2.05, 4.69) is 10.2 Å². The average Bonchev–Trinajstić information content (AvgIpc) is 3.47. The summed E-state index contributed by atoms with van der Waals surface area (Å²) in [5.41, 5.74) is 1.74. The fourth-order valence-corrected chi connectivity index (χ4v) is 4.10. The molecule has 0 fully saturated rings. The summed E-state index contributed by atoms with van der Waals surface area (Å²) in [6.07, 6.45) is 1.61. The molecule has 0 saturated heterocycles. The number of rotatable bonds is 8. The first-order chi connectivity index (χ1) is 15.5. The first-order valence-electron chi connectivity index (χ1n) is 9.80. The van der Waals surface area contributed by atoms with Crippen LogP contribution in [0.2, 0.25) is 5.02 Å². The van der Waals surface area contributed by atoms with Gasteiger partial charge in [0, 0.05) is 17.6 Å². The number of benzene rings is 2. The van der Waals surface area contributed by atoms with Gasteiger partial charge in [0.2, 0.25) is 5.91 Å². The Morgan fingerprint density at radius 3 is 2.72 bits per heavy atom. The molecule has 0 unspecified atom stereocenters. The van der Waals surface area contributed by atoms with E-state index in [0.717, 1.165) is 17.0 Å². The minimum atomic E-state index is -0.0472. The van der Waals surface area contributed by atoms with Crippen molar-refractivity contribution in [1.82, 2.24) is 19.7 Å². The maximum Gasteiger partial charge on any atom is 0.233 e. The van der Waals surface area contributed by atoms with Crippen LogP contribution in [0.1, 0.15) is 5.76 Å². The van der Waals surface area contributed by atoms with E-state index in [1.54, 1.807) is 25.4 Å². The fourth-order valence-electron chi connectivity index (χ4n) is 3.11. The second-order valence-electron chi connectivity index (χ2n) is 6.97. The lowest BCUT2D eigenvalue weighted by atomic mass is 10.2. The maximum absolute atomic E-state index is 12.7. The Labute approximate surface area is 195 Å². The number of para-hydroxylation sites is 2. The van der Waals surface area contributed by atoms with Crippen LogP contribution in [0.3, 0.4) is 0 Å². The Balaban J connectivity index is 1.37. The molecule has 2 aromatic carbocycles. The van der Waals surface area contributed by atoms with Crippen LogP contribution >= 0.6 is 23.4 Å². The number of carbonyl (C=O) groups is 1. The quantitative estimate of drug-likeness (QED) is 0.341. The van der Waals surface area contributed by atoms with E-state index in [4.69, 9.17) is 20.8 Å². The Hall–Kier alpha value is -3.23. The highest BCUT2D eigenvalue weighted by molar-refractivity contribution is 7.99. The van der Waals surface area contributed by atoms with Gasteiger partial charge in [-0.1, -0.05) is 35.5 Å². The topological polar surface area (TPSA) is 73.4 Å². The molecule has 1 amide bonds. The van der Waals surface area contributed by atoms with Crippen LogP contribution in [0.15, 0.2) is 76.6 Å². The van der Waals surface area contributed by atoms with Crippen molar-refractivity contribution < 1.29 is 13.9 Å². The summed E-state index contributed by atoms with van der Waals surface area (Å²) in [6.45, 7) is 0.367. The molecule has 9 heteroatoms. The second-order valence-corrected chi connectivity index (χ2v) is 8.35. The molecule has 0 N–H and O–H groups in total. The zero-order valence-electron chi connectivity index (χ0n) is 17.6. The first kappa shape index (κ1) is 22.0. The van der Waals surface area contributed by atoms with Crippen molar-refractivity contribution in [2.24, 2.45) is 0 Å². The standard InChI is InChI=1S/C23H21ClN4O3S/c1-27(13-18-11-12-20(31-18)16-7-9-17(24)10-8-16)22(29)14-32-23-26-25-15-28(23)19-5-3-4-6-21(19)30-2/h3-12,15H,13-14H2,1-2H3. The monoisotopic (exact) mass is 468 g/mol. The van der Waals surface area contributed by atoms with Gasteiger partial charge in [0.05, 0.1) is 25.1 Å². The minimum Gasteiger partial charge on any atom is -0.495 e. The van der Waals surface area contributed by atoms with Crippen LogP contribution in [-0.4, -0.2) is 45.5 Å². The Morgan fingerprint density at radius 1 is 1.16 bits per heavy atom. The molecule has 2 heterocycles. The highest BCUT2D eigenvalue weighted by atomic mass is 35.5. The van der Waals surface area contributed by atoms with Crippen molar-refractivity contribution in [3.05, 3.63) is 77.8 Å². The molecule has 4 aromatic rings. The third kappa shape index (κ3) is 4.98. The molecule has 0 spiro atoms. The molecule has 0 radical (unpaired) electrons. The summed E-state index contributed by atoms with van der Waals surface area (Å²) >= 11 is 7.26. The summed E-state index contributed by atoms with van der Waals surface area (Å²) < 4.78 is 13.1. The number of nitrogens with zero attached hydrogens (tertiary/aromatic N) is 4. The maximum atomic E-state index is 12.7. The number of furan rings is 1. The van der Waals surface area contributed by atoms with Gasteiger partial charge >= 0.3 is 0 Å². The molecule has 0 atom stereocenters. The van der Waals surface area contributed by atoms with E-state index >= 15 is 0 Å². The third-order valence-electron chi connectivity index (χ3n) is 4.80. The number of amides is 1. The molecule has 164 valence electrons. The SMILES string of the molecule is COc1ccccc1-n1cnnc1SCC(=O)N(C)Cc1ccc(-c2ccc(Cl)cc2)o1. The average molecular weight is 469 g/mol. The number of aromatic nitrogens is 3. The van der Waals surface area contributed by atoms with E-state index in [9.17, 15) is 4.79 Å². The van der Waals surface area contributed by atoms with Crippen molar-refractivity contribution in [3.63, 3.8) is 0 Å². The molecule has 2 aromatic heterocycles. The van der Waals surface area contributed by atoms with Crippen molar-refractivity contribution in [3.8, 4) is 22.8 Å². The second kappa shape index (κ2) is 9.93. The zero-order chi connectivity index (χ0) is 22.5. The van der Waals surface area contributed by atoms with Crippen LogP contribution in [-0.2, 0) is 11.3 Å². The molecule has 0 aliphatic rings. The lowest BCUT2D eigenvalue weighted by Gasteiger charge is -2.15. The number of carbonyl (C=O) groups excluding carboxylic acids is 1. The van der Waals surface area contributed by atoms with E-state index in [1.807, 2.05) is 65.2 Å². The highest BCUT2D eigenvalue weighted by Gasteiger charge is 2.16. The Morgan fingerprint density at radius 2 is 1.94 bits per heavy atom. The highest BCUT2D eigenvalue weighted by Crippen LogP contribution is 2.27. The molecule has 0 aliphatic heterocycles. The van der Waals surface area contributed by atoms with Gasteiger partial charge in [-0.25, -0.2) is 0 Å². The largest absolute Gasteiger partial charge is 0.495 e. The summed E-state index contributed by atoms with van der Waals surface area (Å²) in [5, 5.41) is 9.42. The van der Waals surface area contributed by atoms with Gasteiger partial charge in [0.1, 0.15) is 23.6 Å². The summed E-state index contributed by atoms with van der Waals surface area (Å²) in [6, 6.07) is 18.8. The van der Waals surface area contributed by atoms with Crippen molar-refractivity contribution in [2.45, 2.75) is 11.7 Å². The number of hydrogen-bond donors (Lipinski definition) is 0. The summed E-state index contributed by atoms with van der Waals surface area (Å²) in [5.74, 6) is 2.31. The molecule has 0 bridgehead atoms. The van der Waals surface area contributed by atoms with Crippen LogP contribution < -0.4 is 4.74 Å². The number of ether oxygens (including phenoxy) is 1. The predicted molar refractivity (Wildman–Crippen MR) is 124 cm³/mol. The lowest BCUT2D eigenvalue weighted by molar-refractivity contribution is -0.127. The lowest BCUT2D eigenvalue weighted by Crippen LogP contribution is -2.27. The van der Waals surface area contributed by atoms with Gasteiger partial charge in [-0.05, 0) is 48.5 Å². The van der Waals surface area contributed by atoms with E-state index in [-0.39, 0.29) is 11.7 Å². The van der Waals surface area contributed by atoms with Crippen molar-refractivity contribution in [1.29, 1.82) is 0 Å². The van der Waals surface area contributed by atoms with Gasteiger partial charge in [0.15, 0.2) is 5.16 Å². The van der Waals surface area contributed by atoms with E-state index in [1.165, 1.54) is 11.8 Å². The van der Waals surface area contributed by atoms with Gasteiger partial charge in [-0.15, -0.1) is 10.2 Å². The molecule has 4 rings (SSSR count). The zero-order valence-corrected chi connectivity index (χ0v) is 19.1. The van der Waals surface area contributed by atoms with Crippen LogP contribution in [0.4, 0.5) is 0 Å². The van der Waals surface area contributed by atoms with Crippen LogP contribution in [0.25, 0.3) is 17.0 Å². The van der Waals surface area contributed by atoms with Crippen molar-refractivity contribution in [2.75, 3.05) is 19.9 Å². The van der Waals surface area contributed by atoms with Gasteiger partial charge in [-0.2, -0.15) is 0 Å². The van der Waals surface area contributed by atoms with Crippen LogP contribution in [0.5, 0.6) is 5.75 Å². The Bertz CT molecular complexity index is 1210. The molecule has 32 heavy (non-hydrogen) atoms. The van der Waals surface area contributed by atoms with Crippen LogP contribution in [0, 0.1) is 0 Å². The smallest absolute Gasteiger partial charge is 0.233 e. The fraction of sp³-hybridized carbons (Fsp3) is 0.174. The predicted octanol–water partition coefficient (Wildman–Crippen LogP) is 4.94. The molecule has 7 nitrogen and oxygen atoms in total. The summed E-state index contributed by atoms with van der Waals surface area (Å²) in [7, 11) is 3.36. The summed E-state index contributed by atoms with van der Waals surface area (Å²) in [4.78, 5) is 14.3. The first-order valence-corrected chi connectivity index (χ1v) is 11.2. The van der Waals surface area contributed by atoms with Gasteiger partial charge in [-0.3, -0.25) is 9.36 Å². The van der Waals surface area contributed by atoms with E-state index in [0.29, 0.717) is 28.2 Å². The number of hydrogen-bond acceptors (Lipinski definition) is 6. The minimum absolute atomic E-state index is 0.0472.